The molecule has 0 fully saturated rings. The number of carbonyl (C=O) groups excluding carboxylic acids is 3. The van der Waals surface area contributed by atoms with Gasteiger partial charge in [-0.1, -0.05) is 49.6 Å². The second-order valence-corrected chi connectivity index (χ2v) is 8.45. The summed E-state index contributed by atoms with van der Waals surface area (Å²) < 4.78 is 0. The van der Waals surface area contributed by atoms with Crippen LogP contribution in [0, 0.1) is 23.7 Å². The SMILES string of the molecule is C.C[C@@H](NCC(=O)Nc1ccc(C#CC#Cc2ccc(C(=O)N[C@@H](CN)C(=O)NO)cc2)cc1)c1ccccc1. The monoisotopic (exact) mass is 539 g/mol. The van der Waals surface area contributed by atoms with Crippen LogP contribution in [0.4, 0.5) is 5.69 Å². The van der Waals surface area contributed by atoms with Crippen LogP contribution in [0.1, 0.15) is 47.4 Å². The number of hydrogen-bond donors (Lipinski definition) is 6. The van der Waals surface area contributed by atoms with Gasteiger partial charge in [0.25, 0.3) is 11.8 Å². The summed E-state index contributed by atoms with van der Waals surface area (Å²) in [6.45, 7) is 2.03. The highest BCUT2D eigenvalue weighted by Crippen LogP contribution is 2.12. The number of rotatable bonds is 9. The maximum atomic E-state index is 12.3. The van der Waals surface area contributed by atoms with E-state index in [4.69, 9.17) is 10.9 Å². The van der Waals surface area contributed by atoms with Crippen LogP contribution in [0.15, 0.2) is 78.9 Å². The molecule has 0 aromatic heterocycles. The molecule has 0 spiro atoms. The average molecular weight is 540 g/mol. The molecule has 3 aromatic carbocycles. The van der Waals surface area contributed by atoms with Crippen LogP contribution in [0.25, 0.3) is 0 Å². The summed E-state index contributed by atoms with van der Waals surface area (Å²) >= 11 is 0. The van der Waals surface area contributed by atoms with Crippen molar-refractivity contribution < 1.29 is 19.6 Å². The van der Waals surface area contributed by atoms with Crippen molar-refractivity contribution >= 4 is 23.4 Å². The highest BCUT2D eigenvalue weighted by atomic mass is 16.5. The van der Waals surface area contributed by atoms with E-state index in [-0.39, 0.29) is 32.5 Å². The van der Waals surface area contributed by atoms with Crippen molar-refractivity contribution in [2.75, 3.05) is 18.4 Å². The van der Waals surface area contributed by atoms with Gasteiger partial charge >= 0.3 is 0 Å². The average Bonchev–Trinajstić information content (AvgIpc) is 2.97. The molecule has 0 heterocycles. The zero-order valence-corrected chi connectivity index (χ0v) is 21.3. The molecular formula is C31H33N5O4. The van der Waals surface area contributed by atoms with Gasteiger partial charge in [-0.2, -0.15) is 0 Å². The second kappa shape index (κ2) is 16.1. The molecular weight excluding hydrogens is 506 g/mol. The highest BCUT2D eigenvalue weighted by Gasteiger charge is 2.19. The largest absolute Gasteiger partial charge is 0.339 e. The topological polar surface area (TPSA) is 146 Å². The Labute approximate surface area is 234 Å². The summed E-state index contributed by atoms with van der Waals surface area (Å²) in [6.07, 6.45) is 0. The third kappa shape index (κ3) is 9.75. The third-order valence-electron chi connectivity index (χ3n) is 5.63. The van der Waals surface area contributed by atoms with Crippen LogP contribution >= 0.6 is 0 Å². The first-order valence-electron chi connectivity index (χ1n) is 12.1. The van der Waals surface area contributed by atoms with E-state index in [1.54, 1.807) is 48.5 Å². The van der Waals surface area contributed by atoms with Crippen molar-refractivity contribution in [3.63, 3.8) is 0 Å². The minimum Gasteiger partial charge on any atom is -0.339 e. The summed E-state index contributed by atoms with van der Waals surface area (Å²) in [7, 11) is 0. The quantitative estimate of drug-likeness (QED) is 0.140. The first-order chi connectivity index (χ1) is 18.9. The summed E-state index contributed by atoms with van der Waals surface area (Å²) in [5.41, 5.74) is 10.4. The standard InChI is InChI=1S/C30H29N5O4.CH4/c1-21(24-9-3-2-4-10-24)32-20-28(36)33-26-17-13-23(14-18-26)8-6-5-7-22-11-15-25(16-12-22)29(37)34-27(19-31)30(38)35-39;/h2-4,9-18,21,27,32,39H,19-20,31H2,1H3,(H,33,36)(H,34,37)(H,35,38);1H4/t21-,27+;/m1./s1. The Kier molecular flexibility index (Phi) is 12.6. The second-order valence-electron chi connectivity index (χ2n) is 8.45. The predicted octanol–water partition coefficient (Wildman–Crippen LogP) is 2.58. The number of carbonyl (C=O) groups is 3. The van der Waals surface area contributed by atoms with Crippen LogP contribution in [-0.2, 0) is 9.59 Å². The van der Waals surface area contributed by atoms with Crippen molar-refractivity contribution in [1.82, 2.24) is 16.1 Å². The fraction of sp³-hybridized carbons (Fsp3) is 0.194. The fourth-order valence-corrected chi connectivity index (χ4v) is 3.41. The Morgan fingerprint density at radius 2 is 1.45 bits per heavy atom. The van der Waals surface area contributed by atoms with Gasteiger partial charge in [-0.25, -0.2) is 5.48 Å². The molecule has 0 saturated carbocycles. The normalized spacial score (nSPS) is 11.2. The van der Waals surface area contributed by atoms with Crippen molar-refractivity contribution in [2.24, 2.45) is 5.73 Å². The lowest BCUT2D eigenvalue weighted by Gasteiger charge is -2.14. The van der Waals surface area contributed by atoms with E-state index >= 15 is 0 Å². The molecule has 0 bridgehead atoms. The van der Waals surface area contributed by atoms with Gasteiger partial charge < -0.3 is 21.7 Å². The van der Waals surface area contributed by atoms with Gasteiger partial charge in [-0.05, 0) is 72.9 Å². The molecule has 3 rings (SSSR count). The molecule has 9 nitrogen and oxygen atoms in total. The molecule has 9 heteroatoms. The lowest BCUT2D eigenvalue weighted by atomic mass is 10.1. The molecule has 3 aromatic rings. The van der Waals surface area contributed by atoms with Crippen molar-refractivity contribution in [3.8, 4) is 23.7 Å². The van der Waals surface area contributed by atoms with E-state index in [2.05, 4.69) is 39.6 Å². The molecule has 7 N–H and O–H groups in total. The van der Waals surface area contributed by atoms with Crippen molar-refractivity contribution in [3.05, 3.63) is 101 Å². The number of hydroxylamine groups is 1. The molecule has 0 aliphatic carbocycles. The molecule has 0 aliphatic rings. The van der Waals surface area contributed by atoms with Gasteiger partial charge in [0.15, 0.2) is 0 Å². The van der Waals surface area contributed by atoms with Gasteiger partial charge in [0.1, 0.15) is 6.04 Å². The minimum atomic E-state index is -1.05. The van der Waals surface area contributed by atoms with Crippen LogP contribution in [-0.4, -0.2) is 42.1 Å². The smallest absolute Gasteiger partial charge is 0.267 e. The van der Waals surface area contributed by atoms with Gasteiger partial charge in [0.2, 0.25) is 5.91 Å². The Bertz CT molecular complexity index is 1400. The van der Waals surface area contributed by atoms with Gasteiger partial charge in [-0.3, -0.25) is 19.6 Å². The number of hydrogen-bond acceptors (Lipinski definition) is 6. The maximum absolute atomic E-state index is 12.3. The van der Waals surface area contributed by atoms with E-state index < -0.39 is 17.9 Å². The van der Waals surface area contributed by atoms with E-state index in [1.165, 1.54) is 5.48 Å². The molecule has 40 heavy (non-hydrogen) atoms. The van der Waals surface area contributed by atoms with Gasteiger partial charge in [0.05, 0.1) is 6.54 Å². The van der Waals surface area contributed by atoms with Crippen LogP contribution in [0.2, 0.25) is 0 Å². The summed E-state index contributed by atoms with van der Waals surface area (Å²) in [4.78, 5) is 36.0. The van der Waals surface area contributed by atoms with Crippen molar-refractivity contribution in [2.45, 2.75) is 26.4 Å². The summed E-state index contributed by atoms with van der Waals surface area (Å²) in [6, 6.07) is 22.5. The van der Waals surface area contributed by atoms with E-state index in [0.29, 0.717) is 16.8 Å². The minimum absolute atomic E-state index is 0. The van der Waals surface area contributed by atoms with Crippen LogP contribution < -0.4 is 27.2 Å². The first-order valence-corrected chi connectivity index (χ1v) is 12.1. The maximum Gasteiger partial charge on any atom is 0.267 e. The zero-order valence-electron chi connectivity index (χ0n) is 21.3. The molecule has 0 aliphatic heterocycles. The number of benzene rings is 3. The molecule has 0 radical (unpaired) electrons. The highest BCUT2D eigenvalue weighted by molar-refractivity contribution is 5.97. The molecule has 3 amide bonds. The molecule has 206 valence electrons. The van der Waals surface area contributed by atoms with Crippen LogP contribution in [0.5, 0.6) is 0 Å². The fourth-order valence-electron chi connectivity index (χ4n) is 3.41. The van der Waals surface area contributed by atoms with Crippen molar-refractivity contribution in [1.29, 1.82) is 0 Å². The molecule has 2 atom stereocenters. The van der Waals surface area contributed by atoms with E-state index in [1.807, 2.05) is 37.3 Å². The van der Waals surface area contributed by atoms with Crippen LogP contribution in [0.3, 0.4) is 0 Å². The Morgan fingerprint density at radius 3 is 2.00 bits per heavy atom. The van der Waals surface area contributed by atoms with Gasteiger partial charge in [-0.15, -0.1) is 0 Å². The zero-order chi connectivity index (χ0) is 28.0. The number of amides is 3. The first kappa shape index (κ1) is 31.3. The Hall–Kier alpha value is -4.93. The Morgan fingerprint density at radius 1 is 0.875 bits per heavy atom. The summed E-state index contributed by atoms with van der Waals surface area (Å²) in [5.74, 6) is 9.94. The Balaban J connectivity index is 0.00000560. The molecule has 0 unspecified atom stereocenters. The number of anilines is 1. The number of nitrogens with one attached hydrogen (secondary N) is 4. The van der Waals surface area contributed by atoms with E-state index in [0.717, 1.165) is 11.1 Å². The van der Waals surface area contributed by atoms with Gasteiger partial charge in [0, 0.05) is 35.0 Å². The van der Waals surface area contributed by atoms with E-state index in [9.17, 15) is 14.4 Å². The summed E-state index contributed by atoms with van der Waals surface area (Å²) in [5, 5.41) is 17.2. The predicted molar refractivity (Wildman–Crippen MR) is 155 cm³/mol. The lowest BCUT2D eigenvalue weighted by Crippen LogP contribution is -2.50. The third-order valence-corrected chi connectivity index (χ3v) is 5.63. The lowest BCUT2D eigenvalue weighted by molar-refractivity contribution is -0.130. The molecule has 0 saturated heterocycles. The number of nitrogens with two attached hydrogens (primary N) is 1.